The Balaban J connectivity index is 1.96. The summed E-state index contributed by atoms with van der Waals surface area (Å²) >= 11 is 0. The number of aromatic nitrogens is 1. The van der Waals surface area contributed by atoms with Gasteiger partial charge in [-0.2, -0.15) is 0 Å². The highest BCUT2D eigenvalue weighted by molar-refractivity contribution is 5.77. The fraction of sp³-hybridized carbons (Fsp3) is 0.333. The minimum absolute atomic E-state index is 0.0407. The minimum atomic E-state index is -0.527. The van der Waals surface area contributed by atoms with Gasteiger partial charge in [0.2, 0.25) is 5.91 Å². The first kappa shape index (κ1) is 17.6. The quantitative estimate of drug-likeness (QED) is 0.651. The third-order valence-electron chi connectivity index (χ3n) is 3.85. The lowest BCUT2D eigenvalue weighted by atomic mass is 9.95. The predicted octanol–water partition coefficient (Wildman–Crippen LogP) is 3.28. The van der Waals surface area contributed by atoms with Crippen molar-refractivity contribution in [3.05, 3.63) is 69.5 Å². The van der Waals surface area contributed by atoms with Crippen molar-refractivity contribution in [1.29, 1.82) is 0 Å². The molecule has 0 bridgehead atoms. The summed E-state index contributed by atoms with van der Waals surface area (Å²) in [4.78, 5) is 26.8. The van der Waals surface area contributed by atoms with E-state index in [0.717, 1.165) is 16.8 Å². The number of nitro groups is 1. The number of hydrogen-bond donors (Lipinski definition) is 1. The molecule has 1 N–H and O–H groups in total. The maximum absolute atomic E-state index is 12.2. The summed E-state index contributed by atoms with van der Waals surface area (Å²) in [6.07, 6.45) is 2.48. The average molecular weight is 327 g/mol. The Kier molecular flexibility index (Phi) is 5.28. The largest absolute Gasteiger partial charge is 0.347 e. The van der Waals surface area contributed by atoms with Gasteiger partial charge in [-0.15, -0.1) is 0 Å². The monoisotopic (exact) mass is 327 g/mol. The maximum atomic E-state index is 12.2. The first-order valence-electron chi connectivity index (χ1n) is 7.75. The van der Waals surface area contributed by atoms with Crippen LogP contribution < -0.4 is 5.32 Å². The Morgan fingerprint density at radius 1 is 1.29 bits per heavy atom. The van der Waals surface area contributed by atoms with Crippen molar-refractivity contribution in [3.63, 3.8) is 0 Å². The van der Waals surface area contributed by atoms with Crippen LogP contribution in [0.3, 0.4) is 0 Å². The van der Waals surface area contributed by atoms with Crippen molar-refractivity contribution in [2.45, 2.75) is 39.2 Å². The van der Waals surface area contributed by atoms with Gasteiger partial charge in [0.05, 0.1) is 10.5 Å². The number of amides is 1. The molecule has 6 nitrogen and oxygen atoms in total. The molecule has 0 saturated heterocycles. The van der Waals surface area contributed by atoms with Crippen LogP contribution in [0.15, 0.2) is 42.6 Å². The summed E-state index contributed by atoms with van der Waals surface area (Å²) in [7, 11) is 0. The summed E-state index contributed by atoms with van der Waals surface area (Å²) < 4.78 is 0. The number of hydrogen-bond acceptors (Lipinski definition) is 4. The van der Waals surface area contributed by atoms with E-state index in [1.54, 1.807) is 18.3 Å². The van der Waals surface area contributed by atoms with Crippen molar-refractivity contribution in [2.75, 3.05) is 0 Å². The molecular weight excluding hydrogens is 306 g/mol. The topological polar surface area (TPSA) is 85.1 Å². The highest BCUT2D eigenvalue weighted by atomic mass is 16.6. The van der Waals surface area contributed by atoms with Gasteiger partial charge in [0, 0.05) is 30.4 Å². The smallest absolute Gasteiger partial charge is 0.269 e. The van der Waals surface area contributed by atoms with Crippen LogP contribution >= 0.6 is 0 Å². The van der Waals surface area contributed by atoms with E-state index in [0.29, 0.717) is 6.42 Å². The molecule has 0 fully saturated rings. The second kappa shape index (κ2) is 7.21. The van der Waals surface area contributed by atoms with Crippen LogP contribution in [0.25, 0.3) is 0 Å². The molecular formula is C18H21N3O3. The third kappa shape index (κ3) is 4.62. The molecule has 0 aliphatic heterocycles. The molecule has 0 unspecified atom stereocenters. The van der Waals surface area contributed by atoms with Crippen LogP contribution in [0, 0.1) is 17.0 Å². The fourth-order valence-corrected chi connectivity index (χ4v) is 2.40. The van der Waals surface area contributed by atoms with E-state index in [1.807, 2.05) is 32.9 Å². The summed E-state index contributed by atoms with van der Waals surface area (Å²) in [6, 6.07) is 10.2. The van der Waals surface area contributed by atoms with Gasteiger partial charge < -0.3 is 5.32 Å². The minimum Gasteiger partial charge on any atom is -0.347 e. The molecule has 0 aliphatic carbocycles. The van der Waals surface area contributed by atoms with Crippen LogP contribution in [-0.4, -0.2) is 15.8 Å². The van der Waals surface area contributed by atoms with Crippen LogP contribution in [0.5, 0.6) is 0 Å². The molecule has 1 aromatic carbocycles. The number of non-ortho nitro benzene ring substituents is 1. The van der Waals surface area contributed by atoms with Gasteiger partial charge in [-0.3, -0.25) is 19.9 Å². The SMILES string of the molecule is Cc1ccc(C(C)(C)NC(=O)CCc2cccc([N+](=O)[O-])c2)cn1. The molecule has 0 saturated carbocycles. The van der Waals surface area contributed by atoms with Crippen LogP contribution in [0.4, 0.5) is 5.69 Å². The zero-order valence-corrected chi connectivity index (χ0v) is 14.1. The van der Waals surface area contributed by atoms with Gasteiger partial charge in [-0.25, -0.2) is 0 Å². The Hall–Kier alpha value is -2.76. The summed E-state index contributed by atoms with van der Waals surface area (Å²) in [5, 5.41) is 13.8. The van der Waals surface area contributed by atoms with Crippen LogP contribution in [0.1, 0.15) is 37.1 Å². The molecule has 0 atom stereocenters. The van der Waals surface area contributed by atoms with E-state index >= 15 is 0 Å². The lowest BCUT2D eigenvalue weighted by molar-refractivity contribution is -0.384. The number of benzene rings is 1. The van der Waals surface area contributed by atoms with Gasteiger partial charge in [0.15, 0.2) is 0 Å². The van der Waals surface area contributed by atoms with E-state index in [2.05, 4.69) is 10.3 Å². The lowest BCUT2D eigenvalue weighted by Crippen LogP contribution is -2.41. The van der Waals surface area contributed by atoms with E-state index in [4.69, 9.17) is 0 Å². The number of aryl methyl sites for hydroxylation is 2. The zero-order valence-electron chi connectivity index (χ0n) is 14.1. The molecule has 1 amide bonds. The molecule has 1 aromatic heterocycles. The Morgan fingerprint density at radius 2 is 2.04 bits per heavy atom. The van der Waals surface area contributed by atoms with Crippen molar-refractivity contribution in [1.82, 2.24) is 10.3 Å². The van der Waals surface area contributed by atoms with Crippen LogP contribution in [-0.2, 0) is 16.8 Å². The molecule has 0 spiro atoms. The molecule has 2 rings (SSSR count). The first-order valence-corrected chi connectivity index (χ1v) is 7.75. The standard InChI is InChI=1S/C18H21N3O3/c1-13-7-9-15(12-19-13)18(2,3)20-17(22)10-8-14-5-4-6-16(11-14)21(23)24/h4-7,9,11-12H,8,10H2,1-3H3,(H,20,22). The average Bonchev–Trinajstić information content (AvgIpc) is 2.53. The lowest BCUT2D eigenvalue weighted by Gasteiger charge is -2.26. The summed E-state index contributed by atoms with van der Waals surface area (Å²) in [5.41, 5.74) is 2.14. The van der Waals surface area contributed by atoms with E-state index in [1.165, 1.54) is 12.1 Å². The number of carbonyl (C=O) groups is 1. The second-order valence-electron chi connectivity index (χ2n) is 6.29. The highest BCUT2D eigenvalue weighted by Gasteiger charge is 2.23. The van der Waals surface area contributed by atoms with Gasteiger partial charge in [0.1, 0.15) is 0 Å². The normalized spacial score (nSPS) is 11.1. The van der Waals surface area contributed by atoms with Crippen molar-refractivity contribution in [2.24, 2.45) is 0 Å². The van der Waals surface area contributed by atoms with E-state index < -0.39 is 10.5 Å². The Labute approximate surface area is 141 Å². The van der Waals surface area contributed by atoms with Gasteiger partial charge >= 0.3 is 0 Å². The zero-order chi connectivity index (χ0) is 17.7. The van der Waals surface area contributed by atoms with E-state index in [9.17, 15) is 14.9 Å². The molecule has 6 heteroatoms. The number of carbonyl (C=O) groups excluding carboxylic acids is 1. The van der Waals surface area contributed by atoms with Crippen molar-refractivity contribution >= 4 is 11.6 Å². The maximum Gasteiger partial charge on any atom is 0.269 e. The summed E-state index contributed by atoms with van der Waals surface area (Å²) in [5.74, 6) is -0.105. The van der Waals surface area contributed by atoms with Gasteiger partial charge in [-0.05, 0) is 44.4 Å². The Morgan fingerprint density at radius 3 is 2.67 bits per heavy atom. The number of rotatable bonds is 6. The molecule has 24 heavy (non-hydrogen) atoms. The highest BCUT2D eigenvalue weighted by Crippen LogP contribution is 2.20. The first-order chi connectivity index (χ1) is 11.3. The van der Waals surface area contributed by atoms with Gasteiger partial charge in [-0.1, -0.05) is 18.2 Å². The molecule has 2 aromatic rings. The number of nitrogens with one attached hydrogen (secondary N) is 1. The van der Waals surface area contributed by atoms with Crippen molar-refractivity contribution < 1.29 is 9.72 Å². The van der Waals surface area contributed by atoms with E-state index in [-0.39, 0.29) is 18.0 Å². The number of nitrogens with zero attached hydrogens (tertiary/aromatic N) is 2. The van der Waals surface area contributed by atoms with Crippen molar-refractivity contribution in [3.8, 4) is 0 Å². The van der Waals surface area contributed by atoms with Gasteiger partial charge in [0.25, 0.3) is 5.69 Å². The third-order valence-corrected chi connectivity index (χ3v) is 3.85. The molecule has 0 aliphatic rings. The predicted molar refractivity (Wildman–Crippen MR) is 91.6 cm³/mol. The number of pyridine rings is 1. The second-order valence-corrected chi connectivity index (χ2v) is 6.29. The molecule has 1 heterocycles. The molecule has 0 radical (unpaired) electrons. The van der Waals surface area contributed by atoms with Crippen LogP contribution in [0.2, 0.25) is 0 Å². The molecule has 126 valence electrons. The Bertz CT molecular complexity index is 739. The summed E-state index contributed by atoms with van der Waals surface area (Å²) in [6.45, 7) is 5.75. The number of nitro benzene ring substituents is 1. The fourth-order valence-electron chi connectivity index (χ4n) is 2.40.